The standard InChI is InChI=1S/C23H40N4O2/c1-26-21(29)23(25-22(26)24,12-10-17-6-3-2-4-7-17)15-18-8-5-9-19(14-18)27-13-11-20(28)16-27/h17-20,28H,2-16H2,1H3,(H2,24,25)/t18-,19?,20+,23+/m0/s1. The number of likely N-dealkylation sites (tertiary alicyclic amines) is 1. The number of aliphatic imine (C=N–C) groups is 1. The fourth-order valence-electron chi connectivity index (χ4n) is 6.43. The van der Waals surface area contributed by atoms with Gasteiger partial charge in [0.2, 0.25) is 0 Å². The second-order valence-electron chi connectivity index (χ2n) is 10.2. The molecular formula is C23H40N4O2. The van der Waals surface area contributed by atoms with Crippen LogP contribution in [0.5, 0.6) is 0 Å². The maximum atomic E-state index is 13.3. The van der Waals surface area contributed by atoms with Crippen LogP contribution in [0.15, 0.2) is 4.99 Å². The van der Waals surface area contributed by atoms with Gasteiger partial charge in [0.25, 0.3) is 5.91 Å². The molecule has 0 aromatic carbocycles. The highest BCUT2D eigenvalue weighted by atomic mass is 16.3. The van der Waals surface area contributed by atoms with Crippen LogP contribution in [-0.4, -0.2) is 64.6 Å². The Morgan fingerprint density at radius 2 is 1.86 bits per heavy atom. The first-order chi connectivity index (χ1) is 14.0. The Bertz CT molecular complexity index is 618. The minimum Gasteiger partial charge on any atom is -0.392 e. The summed E-state index contributed by atoms with van der Waals surface area (Å²) in [6.45, 7) is 1.83. The topological polar surface area (TPSA) is 82.2 Å². The molecule has 2 aliphatic carbocycles. The molecule has 29 heavy (non-hydrogen) atoms. The molecule has 4 aliphatic rings. The third-order valence-corrected chi connectivity index (χ3v) is 8.16. The van der Waals surface area contributed by atoms with Crippen molar-refractivity contribution < 1.29 is 9.90 Å². The number of likely N-dealkylation sites (N-methyl/N-ethyl adjacent to an activating group) is 1. The number of nitrogens with zero attached hydrogens (tertiary/aromatic N) is 3. The molecule has 4 rings (SSSR count). The maximum Gasteiger partial charge on any atom is 0.257 e. The first kappa shape index (κ1) is 21.1. The number of rotatable bonds is 6. The highest BCUT2D eigenvalue weighted by molar-refractivity contribution is 6.06. The van der Waals surface area contributed by atoms with Gasteiger partial charge in [-0.25, -0.2) is 4.99 Å². The van der Waals surface area contributed by atoms with Crippen molar-refractivity contribution in [2.45, 2.75) is 101 Å². The fraction of sp³-hybridized carbons (Fsp3) is 0.913. The minimum atomic E-state index is -0.632. The van der Waals surface area contributed by atoms with Crippen LogP contribution in [0, 0.1) is 11.8 Å². The lowest BCUT2D eigenvalue weighted by atomic mass is 9.74. The molecule has 2 aliphatic heterocycles. The first-order valence-corrected chi connectivity index (χ1v) is 12.0. The smallest absolute Gasteiger partial charge is 0.257 e. The number of aliphatic hydroxyl groups excluding tert-OH is 1. The molecule has 2 saturated carbocycles. The maximum absolute atomic E-state index is 13.3. The van der Waals surface area contributed by atoms with Crippen molar-refractivity contribution in [1.29, 1.82) is 0 Å². The molecule has 0 radical (unpaired) electrons. The second-order valence-corrected chi connectivity index (χ2v) is 10.2. The Morgan fingerprint density at radius 3 is 2.52 bits per heavy atom. The lowest BCUT2D eigenvalue weighted by Gasteiger charge is -2.38. The quantitative estimate of drug-likeness (QED) is 0.713. The highest BCUT2D eigenvalue weighted by Gasteiger charge is 2.48. The summed E-state index contributed by atoms with van der Waals surface area (Å²) < 4.78 is 0. The molecule has 1 unspecified atom stereocenters. The predicted octanol–water partition coefficient (Wildman–Crippen LogP) is 2.89. The van der Waals surface area contributed by atoms with E-state index in [2.05, 4.69) is 4.90 Å². The molecule has 4 atom stereocenters. The van der Waals surface area contributed by atoms with Gasteiger partial charge in [0.1, 0.15) is 5.54 Å². The number of carbonyl (C=O) groups is 1. The largest absolute Gasteiger partial charge is 0.392 e. The van der Waals surface area contributed by atoms with Gasteiger partial charge in [-0.2, -0.15) is 0 Å². The molecule has 1 saturated heterocycles. The molecule has 6 heteroatoms. The van der Waals surface area contributed by atoms with Gasteiger partial charge in [0.15, 0.2) is 5.96 Å². The van der Waals surface area contributed by atoms with Crippen LogP contribution in [0.3, 0.4) is 0 Å². The van der Waals surface area contributed by atoms with Crippen molar-refractivity contribution in [3.05, 3.63) is 0 Å². The minimum absolute atomic E-state index is 0.115. The van der Waals surface area contributed by atoms with E-state index >= 15 is 0 Å². The van der Waals surface area contributed by atoms with Crippen molar-refractivity contribution in [1.82, 2.24) is 9.80 Å². The Kier molecular flexibility index (Phi) is 6.50. The van der Waals surface area contributed by atoms with Gasteiger partial charge < -0.3 is 10.8 Å². The van der Waals surface area contributed by atoms with Crippen LogP contribution in [0.25, 0.3) is 0 Å². The number of guanidine groups is 1. The third kappa shape index (κ3) is 4.63. The van der Waals surface area contributed by atoms with Gasteiger partial charge in [0, 0.05) is 26.2 Å². The lowest BCUT2D eigenvalue weighted by molar-refractivity contribution is -0.131. The van der Waals surface area contributed by atoms with Gasteiger partial charge in [-0.05, 0) is 50.4 Å². The highest BCUT2D eigenvalue weighted by Crippen LogP contribution is 2.41. The zero-order valence-electron chi connectivity index (χ0n) is 18.2. The summed E-state index contributed by atoms with van der Waals surface area (Å²) in [7, 11) is 1.78. The van der Waals surface area contributed by atoms with Crippen LogP contribution in [0.4, 0.5) is 0 Å². The zero-order chi connectivity index (χ0) is 20.4. The van der Waals surface area contributed by atoms with E-state index in [0.29, 0.717) is 17.9 Å². The van der Waals surface area contributed by atoms with Crippen molar-refractivity contribution in [2.75, 3.05) is 20.1 Å². The van der Waals surface area contributed by atoms with E-state index in [-0.39, 0.29) is 12.0 Å². The molecular weight excluding hydrogens is 364 g/mol. The number of hydrogen-bond acceptors (Lipinski definition) is 5. The van der Waals surface area contributed by atoms with Gasteiger partial charge in [-0.3, -0.25) is 14.6 Å². The van der Waals surface area contributed by atoms with E-state index in [1.807, 2.05) is 0 Å². The number of hydrogen-bond donors (Lipinski definition) is 2. The number of nitrogens with two attached hydrogens (primary N) is 1. The molecule has 6 nitrogen and oxygen atoms in total. The Balaban J connectivity index is 1.43. The van der Waals surface area contributed by atoms with Crippen molar-refractivity contribution in [3.8, 4) is 0 Å². The summed E-state index contributed by atoms with van der Waals surface area (Å²) in [5.74, 6) is 1.78. The predicted molar refractivity (Wildman–Crippen MR) is 115 cm³/mol. The number of carbonyl (C=O) groups excluding carboxylic acids is 1. The average molecular weight is 405 g/mol. The summed E-state index contributed by atoms with van der Waals surface area (Å²) in [5.41, 5.74) is 5.49. The van der Waals surface area contributed by atoms with Gasteiger partial charge in [-0.1, -0.05) is 44.9 Å². The summed E-state index contributed by atoms with van der Waals surface area (Å²) in [6, 6.07) is 0.553. The molecule has 164 valence electrons. The number of aliphatic hydroxyl groups is 1. The van der Waals surface area contributed by atoms with E-state index in [1.54, 1.807) is 11.9 Å². The molecule has 2 heterocycles. The Labute approximate surface area is 175 Å². The Morgan fingerprint density at radius 1 is 1.10 bits per heavy atom. The molecule has 0 aromatic heterocycles. The average Bonchev–Trinajstić information content (AvgIpc) is 3.25. The van der Waals surface area contributed by atoms with Crippen LogP contribution >= 0.6 is 0 Å². The van der Waals surface area contributed by atoms with E-state index < -0.39 is 5.54 Å². The summed E-state index contributed by atoms with van der Waals surface area (Å²) in [5, 5.41) is 9.93. The van der Waals surface area contributed by atoms with Crippen LogP contribution in [0.1, 0.15) is 83.5 Å². The second kappa shape index (κ2) is 8.93. The molecule has 0 aromatic rings. The summed E-state index contributed by atoms with van der Waals surface area (Å²) in [4.78, 5) is 22.1. The number of amides is 1. The fourth-order valence-corrected chi connectivity index (χ4v) is 6.43. The summed E-state index contributed by atoms with van der Waals surface area (Å²) in [6.07, 6.45) is 14.9. The van der Waals surface area contributed by atoms with E-state index in [4.69, 9.17) is 10.7 Å². The van der Waals surface area contributed by atoms with Crippen molar-refractivity contribution >= 4 is 11.9 Å². The molecule has 3 fully saturated rings. The zero-order valence-corrected chi connectivity index (χ0v) is 18.2. The van der Waals surface area contributed by atoms with E-state index in [0.717, 1.165) is 51.1 Å². The normalized spacial score (nSPS) is 37.3. The lowest BCUT2D eigenvalue weighted by Crippen LogP contribution is -2.45. The van der Waals surface area contributed by atoms with E-state index in [1.165, 1.54) is 51.4 Å². The molecule has 0 bridgehead atoms. The van der Waals surface area contributed by atoms with Crippen molar-refractivity contribution in [3.63, 3.8) is 0 Å². The SMILES string of the molecule is CN1C(=O)[C@@](CCC2CCCCC2)(C[C@H]2CCCC(N3CC[C@@H](O)C3)C2)N=C1N. The number of β-amino-alcohol motifs (C(OH)–C–C–N with tert-alkyl or cyclic N) is 1. The molecule has 0 spiro atoms. The Hall–Kier alpha value is -1.14. The molecule has 1 amide bonds. The molecule has 3 N–H and O–H groups in total. The van der Waals surface area contributed by atoms with E-state index in [9.17, 15) is 9.90 Å². The van der Waals surface area contributed by atoms with Crippen LogP contribution in [0.2, 0.25) is 0 Å². The summed E-state index contributed by atoms with van der Waals surface area (Å²) >= 11 is 0. The monoisotopic (exact) mass is 404 g/mol. The van der Waals surface area contributed by atoms with Crippen LogP contribution < -0.4 is 5.73 Å². The third-order valence-electron chi connectivity index (χ3n) is 8.16. The van der Waals surface area contributed by atoms with Gasteiger partial charge in [0.05, 0.1) is 6.10 Å². The van der Waals surface area contributed by atoms with Gasteiger partial charge in [-0.15, -0.1) is 0 Å². The van der Waals surface area contributed by atoms with Gasteiger partial charge >= 0.3 is 0 Å². The van der Waals surface area contributed by atoms with Crippen molar-refractivity contribution in [2.24, 2.45) is 22.6 Å². The van der Waals surface area contributed by atoms with Crippen LogP contribution in [-0.2, 0) is 4.79 Å². The first-order valence-electron chi connectivity index (χ1n) is 12.0.